The second-order valence-electron chi connectivity index (χ2n) is 7.45. The van der Waals surface area contributed by atoms with E-state index in [-0.39, 0.29) is 27.0 Å². The fraction of sp³-hybridized carbons (Fsp3) is 0.125. The zero-order valence-electron chi connectivity index (χ0n) is 18.5. The molecular weight excluding hydrogens is 500 g/mol. The molecule has 0 aromatic heterocycles. The van der Waals surface area contributed by atoms with Gasteiger partial charge in [0.05, 0.1) is 41.0 Å². The van der Waals surface area contributed by atoms with E-state index in [1.54, 1.807) is 0 Å². The molecule has 35 heavy (non-hydrogen) atoms. The van der Waals surface area contributed by atoms with Crippen LogP contribution in [0.3, 0.4) is 0 Å². The molecule has 4 rings (SSSR count). The number of phenolic OH excluding ortho intramolecular Hbond substituents is 1. The summed E-state index contributed by atoms with van der Waals surface area (Å²) in [5.41, 5.74) is 0.240. The second kappa shape index (κ2) is 9.59. The van der Waals surface area contributed by atoms with Crippen molar-refractivity contribution in [2.75, 3.05) is 19.5 Å². The van der Waals surface area contributed by atoms with Crippen LogP contribution in [0.5, 0.6) is 17.2 Å². The van der Waals surface area contributed by atoms with Gasteiger partial charge >= 0.3 is 0 Å². The van der Waals surface area contributed by atoms with Crippen LogP contribution in [0.4, 0.5) is 14.5 Å². The maximum atomic E-state index is 14.0. The van der Waals surface area contributed by atoms with E-state index in [0.717, 1.165) is 30.0 Å². The molecule has 182 valence electrons. The van der Waals surface area contributed by atoms with Gasteiger partial charge in [-0.3, -0.25) is 4.79 Å². The molecule has 3 aromatic rings. The number of sulfone groups is 1. The molecule has 0 saturated heterocycles. The molecule has 0 saturated carbocycles. The average molecular weight is 520 g/mol. The summed E-state index contributed by atoms with van der Waals surface area (Å²) in [5.74, 6) is -2.76. The monoisotopic (exact) mass is 519 g/mol. The van der Waals surface area contributed by atoms with Crippen molar-refractivity contribution in [2.45, 2.75) is 15.5 Å². The van der Waals surface area contributed by atoms with Crippen LogP contribution in [0.2, 0.25) is 0 Å². The van der Waals surface area contributed by atoms with E-state index in [4.69, 9.17) is 9.47 Å². The lowest BCUT2D eigenvalue weighted by atomic mass is 10.1. The number of thioether (sulfide) groups is 1. The highest BCUT2D eigenvalue weighted by atomic mass is 32.2. The van der Waals surface area contributed by atoms with Gasteiger partial charge in [0.2, 0.25) is 0 Å². The summed E-state index contributed by atoms with van der Waals surface area (Å²) in [5, 5.41) is 12.5. The Kier molecular flexibility index (Phi) is 6.73. The lowest BCUT2D eigenvalue weighted by Crippen LogP contribution is -2.18. The van der Waals surface area contributed by atoms with Crippen LogP contribution < -0.4 is 14.8 Å². The van der Waals surface area contributed by atoms with Crippen molar-refractivity contribution in [3.8, 4) is 17.2 Å². The quantitative estimate of drug-likeness (QED) is 0.454. The van der Waals surface area contributed by atoms with Gasteiger partial charge in [0, 0.05) is 22.6 Å². The molecule has 0 spiro atoms. The lowest BCUT2D eigenvalue weighted by molar-refractivity contribution is -0.112. The Labute approximate surface area is 204 Å². The molecule has 1 aliphatic heterocycles. The lowest BCUT2D eigenvalue weighted by Gasteiger charge is -2.20. The van der Waals surface area contributed by atoms with Gasteiger partial charge in [-0.25, -0.2) is 17.2 Å². The van der Waals surface area contributed by atoms with Crippen LogP contribution in [-0.2, 0) is 20.4 Å². The van der Waals surface area contributed by atoms with Crippen LogP contribution in [0, 0.1) is 11.6 Å². The van der Waals surface area contributed by atoms with Crippen LogP contribution in [0.15, 0.2) is 63.2 Å². The third kappa shape index (κ3) is 4.96. The number of hydrogen-bond acceptors (Lipinski definition) is 7. The number of carbonyl (C=O) groups excluding carboxylic acids is 1. The molecule has 0 radical (unpaired) electrons. The first kappa shape index (κ1) is 24.6. The van der Waals surface area contributed by atoms with Crippen molar-refractivity contribution in [1.82, 2.24) is 0 Å². The summed E-state index contributed by atoms with van der Waals surface area (Å²) in [4.78, 5) is 13.2. The normalized spacial score (nSPS) is 14.4. The van der Waals surface area contributed by atoms with Gasteiger partial charge in [-0.2, -0.15) is 0 Å². The van der Waals surface area contributed by atoms with E-state index < -0.39 is 38.7 Å². The van der Waals surface area contributed by atoms with Gasteiger partial charge in [-0.05, 0) is 36.4 Å². The Morgan fingerprint density at radius 1 is 1.03 bits per heavy atom. The molecule has 7 nitrogen and oxygen atoms in total. The summed E-state index contributed by atoms with van der Waals surface area (Å²) in [6.45, 7) is 0. The van der Waals surface area contributed by atoms with Crippen LogP contribution in [-0.4, -0.2) is 33.7 Å². The number of anilines is 1. The van der Waals surface area contributed by atoms with Gasteiger partial charge in [-0.15, -0.1) is 0 Å². The number of aromatic hydroxyl groups is 1. The summed E-state index contributed by atoms with van der Waals surface area (Å²) < 4.78 is 64.5. The van der Waals surface area contributed by atoms with Gasteiger partial charge in [0.15, 0.2) is 9.84 Å². The van der Waals surface area contributed by atoms with E-state index in [1.807, 2.05) is 0 Å². The van der Waals surface area contributed by atoms with Gasteiger partial charge < -0.3 is 19.9 Å². The molecule has 3 aromatic carbocycles. The molecule has 1 heterocycles. The number of rotatable bonds is 6. The smallest absolute Gasteiger partial charge is 0.262 e. The predicted octanol–water partition coefficient (Wildman–Crippen LogP) is 4.75. The van der Waals surface area contributed by atoms with Crippen molar-refractivity contribution in [2.24, 2.45) is 0 Å². The molecule has 1 aliphatic rings. The summed E-state index contributed by atoms with van der Waals surface area (Å²) in [7, 11) is -1.31. The molecule has 0 fully saturated rings. The maximum Gasteiger partial charge on any atom is 0.262 e. The average Bonchev–Trinajstić information content (AvgIpc) is 2.82. The SMILES string of the molecule is COc1cc(O)cc(OC)c1C=C1Sc2cc(S(=O)(=O)Cc3c(F)cccc3F)ccc2NC1=O. The van der Waals surface area contributed by atoms with Crippen molar-refractivity contribution in [1.29, 1.82) is 0 Å². The molecule has 0 unspecified atom stereocenters. The van der Waals surface area contributed by atoms with E-state index in [2.05, 4.69) is 5.32 Å². The molecular formula is C24H19F2NO6S2. The number of benzene rings is 3. The van der Waals surface area contributed by atoms with E-state index in [1.165, 1.54) is 50.6 Å². The minimum Gasteiger partial charge on any atom is -0.508 e. The van der Waals surface area contributed by atoms with E-state index >= 15 is 0 Å². The molecule has 11 heteroatoms. The minimum absolute atomic E-state index is 0.0897. The Morgan fingerprint density at radius 3 is 2.26 bits per heavy atom. The third-order valence-electron chi connectivity index (χ3n) is 5.20. The van der Waals surface area contributed by atoms with Gasteiger partial charge in [0.25, 0.3) is 5.91 Å². The standard InChI is InChI=1S/C24H19F2NO6S2/c1-32-20-8-13(28)9-21(33-2)15(20)11-23-24(29)27-19-7-6-14(10-22(19)34-23)35(30,31)12-16-17(25)4-3-5-18(16)26/h3-11,28H,12H2,1-2H3,(H,27,29). The number of halogens is 2. The topological polar surface area (TPSA) is 102 Å². The first-order valence-corrected chi connectivity index (χ1v) is 12.6. The zero-order chi connectivity index (χ0) is 25.3. The molecule has 0 atom stereocenters. The highest BCUT2D eigenvalue weighted by Crippen LogP contribution is 2.43. The zero-order valence-corrected chi connectivity index (χ0v) is 20.1. The first-order chi connectivity index (χ1) is 16.6. The highest BCUT2D eigenvalue weighted by molar-refractivity contribution is 8.04. The number of nitrogens with one attached hydrogen (secondary N) is 1. The molecule has 1 amide bonds. The second-order valence-corrected chi connectivity index (χ2v) is 10.5. The maximum absolute atomic E-state index is 14.0. The van der Waals surface area contributed by atoms with Gasteiger partial charge in [0.1, 0.15) is 28.9 Å². The number of carbonyl (C=O) groups is 1. The summed E-state index contributed by atoms with van der Waals surface area (Å²) in [6.07, 6.45) is 1.50. The number of hydrogen-bond donors (Lipinski definition) is 2. The van der Waals surface area contributed by atoms with Crippen molar-refractivity contribution >= 4 is 39.3 Å². The number of ether oxygens (including phenoxy) is 2. The van der Waals surface area contributed by atoms with Gasteiger partial charge in [-0.1, -0.05) is 17.8 Å². The molecule has 0 bridgehead atoms. The molecule has 2 N–H and O–H groups in total. The number of methoxy groups -OCH3 is 2. The summed E-state index contributed by atoms with van der Waals surface area (Å²) >= 11 is 1.01. The Morgan fingerprint density at radius 2 is 1.66 bits per heavy atom. The van der Waals surface area contributed by atoms with E-state index in [9.17, 15) is 27.1 Å². The highest BCUT2D eigenvalue weighted by Gasteiger charge is 2.26. The third-order valence-corrected chi connectivity index (χ3v) is 7.93. The molecule has 0 aliphatic carbocycles. The van der Waals surface area contributed by atoms with Crippen LogP contribution in [0.1, 0.15) is 11.1 Å². The Bertz CT molecular complexity index is 1430. The van der Waals surface area contributed by atoms with Crippen molar-refractivity contribution < 1.29 is 36.6 Å². The predicted molar refractivity (Wildman–Crippen MR) is 127 cm³/mol. The summed E-state index contributed by atoms with van der Waals surface area (Å²) in [6, 6.07) is 9.90. The van der Waals surface area contributed by atoms with Crippen molar-refractivity contribution in [3.63, 3.8) is 0 Å². The fourth-order valence-electron chi connectivity index (χ4n) is 3.47. The first-order valence-electron chi connectivity index (χ1n) is 10.1. The Hall–Kier alpha value is -3.57. The number of fused-ring (bicyclic) bond motifs is 1. The minimum atomic E-state index is -4.10. The fourth-order valence-corrected chi connectivity index (χ4v) is 5.91. The number of phenols is 1. The largest absolute Gasteiger partial charge is 0.508 e. The van der Waals surface area contributed by atoms with Crippen LogP contribution in [0.25, 0.3) is 6.08 Å². The number of amides is 1. The van der Waals surface area contributed by atoms with Crippen molar-refractivity contribution in [3.05, 3.63) is 76.2 Å². The van der Waals surface area contributed by atoms with Crippen LogP contribution >= 0.6 is 11.8 Å². The Balaban J connectivity index is 1.71. The van der Waals surface area contributed by atoms with E-state index in [0.29, 0.717) is 16.1 Å².